The average molecular weight is 286 g/mol. The molecule has 4 nitrogen and oxygen atoms in total. The van der Waals surface area contributed by atoms with E-state index in [4.69, 9.17) is 0 Å². The summed E-state index contributed by atoms with van der Waals surface area (Å²) >= 11 is 0. The number of aryl methyl sites for hydroxylation is 2. The van der Waals surface area contributed by atoms with Crippen molar-refractivity contribution >= 4 is 0 Å². The van der Waals surface area contributed by atoms with Crippen molar-refractivity contribution in [3.8, 4) is 5.82 Å². The number of nitrogens with one attached hydrogen (secondary N) is 1. The van der Waals surface area contributed by atoms with Gasteiger partial charge in [-0.15, -0.1) is 0 Å². The minimum absolute atomic E-state index is 0.116. The molecule has 2 heterocycles. The highest BCUT2D eigenvalue weighted by atomic mass is 15.1. The van der Waals surface area contributed by atoms with E-state index >= 15 is 0 Å². The zero-order chi connectivity index (χ0) is 15.5. The molecule has 0 unspecified atom stereocenters. The topological polar surface area (TPSA) is 42.7 Å². The Hall–Kier alpha value is -1.68. The Morgan fingerprint density at radius 3 is 2.62 bits per heavy atom. The molecular formula is C17H26N4. The van der Waals surface area contributed by atoms with Gasteiger partial charge in [-0.2, -0.15) is 0 Å². The van der Waals surface area contributed by atoms with Crippen molar-refractivity contribution < 1.29 is 0 Å². The van der Waals surface area contributed by atoms with Gasteiger partial charge in [0.05, 0.1) is 0 Å². The largest absolute Gasteiger partial charge is 0.308 e. The molecule has 0 atom stereocenters. The first-order valence-corrected chi connectivity index (χ1v) is 7.64. The van der Waals surface area contributed by atoms with E-state index in [2.05, 4.69) is 60.5 Å². The Bertz CT molecular complexity index is 593. The molecule has 0 aromatic carbocycles. The van der Waals surface area contributed by atoms with Crippen LogP contribution in [0.4, 0.5) is 0 Å². The molecule has 0 aliphatic heterocycles. The van der Waals surface area contributed by atoms with Crippen LogP contribution in [0.3, 0.4) is 0 Å². The molecule has 0 aliphatic rings. The smallest absolute Gasteiger partial charge is 0.140 e. The van der Waals surface area contributed by atoms with Crippen molar-refractivity contribution in [1.82, 2.24) is 19.9 Å². The summed E-state index contributed by atoms with van der Waals surface area (Å²) in [6.07, 6.45) is 7.86. The van der Waals surface area contributed by atoms with Gasteiger partial charge in [-0.1, -0.05) is 6.92 Å². The highest BCUT2D eigenvalue weighted by Crippen LogP contribution is 2.16. The molecule has 2 aromatic heterocycles. The van der Waals surface area contributed by atoms with Crippen LogP contribution in [0.5, 0.6) is 0 Å². The monoisotopic (exact) mass is 286 g/mol. The molecule has 1 N–H and O–H groups in total. The predicted molar refractivity (Wildman–Crippen MR) is 86.7 cm³/mol. The van der Waals surface area contributed by atoms with Gasteiger partial charge in [0.15, 0.2) is 0 Å². The van der Waals surface area contributed by atoms with E-state index in [1.54, 1.807) is 0 Å². The Balaban J connectivity index is 2.21. The second kappa shape index (κ2) is 6.39. The van der Waals surface area contributed by atoms with Gasteiger partial charge in [0, 0.05) is 37.1 Å². The lowest BCUT2D eigenvalue weighted by Crippen LogP contribution is -2.35. The first kappa shape index (κ1) is 15.7. The molecule has 0 bridgehead atoms. The summed E-state index contributed by atoms with van der Waals surface area (Å²) in [4.78, 5) is 9.07. The zero-order valence-electron chi connectivity index (χ0n) is 13.8. The van der Waals surface area contributed by atoms with E-state index in [1.165, 1.54) is 11.1 Å². The van der Waals surface area contributed by atoms with E-state index in [-0.39, 0.29) is 5.54 Å². The van der Waals surface area contributed by atoms with Gasteiger partial charge < -0.3 is 5.32 Å². The number of hydrogen-bond acceptors (Lipinski definition) is 3. The molecule has 2 aromatic rings. The summed E-state index contributed by atoms with van der Waals surface area (Å²) in [5.74, 6) is 2.06. The van der Waals surface area contributed by atoms with Gasteiger partial charge in [0.25, 0.3) is 0 Å². The van der Waals surface area contributed by atoms with Crippen LogP contribution in [0.15, 0.2) is 24.7 Å². The molecule has 0 spiro atoms. The lowest BCUT2D eigenvalue weighted by atomic mass is 10.1. The predicted octanol–water partition coefficient (Wildman–Crippen LogP) is 3.42. The number of hydrogen-bond donors (Lipinski definition) is 1. The van der Waals surface area contributed by atoms with E-state index in [9.17, 15) is 0 Å². The van der Waals surface area contributed by atoms with Gasteiger partial charge >= 0.3 is 0 Å². The molecule has 21 heavy (non-hydrogen) atoms. The fraction of sp³-hybridized carbons (Fsp3) is 0.529. The zero-order valence-corrected chi connectivity index (χ0v) is 13.8. The average Bonchev–Trinajstić information content (AvgIpc) is 2.84. The fourth-order valence-corrected chi connectivity index (χ4v) is 2.28. The maximum absolute atomic E-state index is 4.65. The van der Waals surface area contributed by atoms with Crippen LogP contribution in [0.25, 0.3) is 5.82 Å². The summed E-state index contributed by atoms with van der Waals surface area (Å²) < 4.78 is 2.10. The quantitative estimate of drug-likeness (QED) is 0.916. The molecule has 4 heteroatoms. The van der Waals surface area contributed by atoms with Crippen molar-refractivity contribution in [3.05, 3.63) is 41.6 Å². The molecule has 2 rings (SSSR count). The lowest BCUT2D eigenvalue weighted by Gasteiger charge is -2.20. The molecule has 0 amide bonds. The van der Waals surface area contributed by atoms with Crippen LogP contribution in [-0.2, 0) is 13.0 Å². The van der Waals surface area contributed by atoms with Gasteiger partial charge in [0.2, 0.25) is 0 Å². The van der Waals surface area contributed by atoms with Crippen LogP contribution in [0.2, 0.25) is 0 Å². The third-order valence-corrected chi connectivity index (χ3v) is 3.35. The Morgan fingerprint density at radius 2 is 2.00 bits per heavy atom. The fourth-order valence-electron chi connectivity index (χ4n) is 2.28. The molecule has 0 saturated heterocycles. The van der Waals surface area contributed by atoms with Gasteiger partial charge in [0.1, 0.15) is 11.6 Å². The Morgan fingerprint density at radius 1 is 1.24 bits per heavy atom. The van der Waals surface area contributed by atoms with E-state index in [1.807, 2.05) is 18.6 Å². The van der Waals surface area contributed by atoms with Crippen LogP contribution in [0, 0.1) is 6.92 Å². The van der Waals surface area contributed by atoms with Crippen LogP contribution < -0.4 is 5.32 Å². The third-order valence-electron chi connectivity index (χ3n) is 3.35. The molecule has 0 aliphatic carbocycles. The molecule has 0 fully saturated rings. The summed E-state index contributed by atoms with van der Waals surface area (Å²) in [7, 11) is 0. The van der Waals surface area contributed by atoms with Crippen molar-refractivity contribution in [2.45, 2.75) is 59.5 Å². The summed E-state index contributed by atoms with van der Waals surface area (Å²) in [6.45, 7) is 11.6. The second-order valence-corrected chi connectivity index (χ2v) is 6.55. The van der Waals surface area contributed by atoms with Crippen LogP contribution in [0.1, 0.15) is 51.1 Å². The van der Waals surface area contributed by atoms with E-state index in [0.29, 0.717) is 0 Å². The van der Waals surface area contributed by atoms with Crippen LogP contribution >= 0.6 is 0 Å². The SMILES string of the molecule is CCCc1nccn1-c1ncc(CNC(C)(C)C)cc1C. The maximum Gasteiger partial charge on any atom is 0.140 e. The van der Waals surface area contributed by atoms with E-state index in [0.717, 1.165) is 31.0 Å². The Labute approximate surface area is 127 Å². The number of nitrogens with zero attached hydrogens (tertiary/aromatic N) is 3. The molecular weight excluding hydrogens is 260 g/mol. The highest BCUT2D eigenvalue weighted by molar-refractivity contribution is 5.36. The van der Waals surface area contributed by atoms with Crippen molar-refractivity contribution in [2.24, 2.45) is 0 Å². The third kappa shape index (κ3) is 4.14. The molecule has 114 valence electrons. The summed E-state index contributed by atoms with van der Waals surface area (Å²) in [6, 6.07) is 2.21. The van der Waals surface area contributed by atoms with Gasteiger partial charge in [-0.05, 0) is 51.3 Å². The first-order valence-electron chi connectivity index (χ1n) is 7.64. The van der Waals surface area contributed by atoms with Crippen LogP contribution in [-0.4, -0.2) is 20.1 Å². The molecule has 0 saturated carbocycles. The number of imidazole rings is 1. The van der Waals surface area contributed by atoms with Gasteiger partial charge in [-0.3, -0.25) is 4.57 Å². The summed E-state index contributed by atoms with van der Waals surface area (Å²) in [5, 5.41) is 3.49. The van der Waals surface area contributed by atoms with Crippen molar-refractivity contribution in [2.75, 3.05) is 0 Å². The maximum atomic E-state index is 4.65. The number of rotatable bonds is 5. The lowest BCUT2D eigenvalue weighted by molar-refractivity contribution is 0.424. The van der Waals surface area contributed by atoms with Crippen molar-refractivity contribution in [1.29, 1.82) is 0 Å². The Kier molecular flexibility index (Phi) is 4.78. The van der Waals surface area contributed by atoms with Gasteiger partial charge in [-0.25, -0.2) is 9.97 Å². The second-order valence-electron chi connectivity index (χ2n) is 6.55. The number of pyridine rings is 1. The standard InChI is InChI=1S/C17H26N4/c1-6-7-15-18-8-9-21(15)16-13(2)10-14(11-19-16)12-20-17(3,4)5/h8-11,20H,6-7,12H2,1-5H3. The summed E-state index contributed by atoms with van der Waals surface area (Å²) in [5.41, 5.74) is 2.51. The molecule has 0 radical (unpaired) electrons. The first-order chi connectivity index (χ1) is 9.90. The minimum atomic E-state index is 0.116. The highest BCUT2D eigenvalue weighted by Gasteiger charge is 2.11. The van der Waals surface area contributed by atoms with E-state index < -0.39 is 0 Å². The normalized spacial score (nSPS) is 11.9. The number of aromatic nitrogens is 3. The van der Waals surface area contributed by atoms with Crippen molar-refractivity contribution in [3.63, 3.8) is 0 Å². The minimum Gasteiger partial charge on any atom is -0.308 e.